The Morgan fingerprint density at radius 3 is 2.50 bits per heavy atom. The van der Waals surface area contributed by atoms with E-state index in [0.717, 1.165) is 44.1 Å². The van der Waals surface area contributed by atoms with Crippen molar-refractivity contribution in [2.45, 2.75) is 26.8 Å². The van der Waals surface area contributed by atoms with Crippen molar-refractivity contribution in [3.8, 4) is 0 Å². The number of urea groups is 1. The predicted octanol–water partition coefficient (Wildman–Crippen LogP) is 1.82. The van der Waals surface area contributed by atoms with Crippen LogP contribution in [-0.2, 0) is 4.79 Å². The van der Waals surface area contributed by atoms with Crippen molar-refractivity contribution < 1.29 is 9.59 Å². The fourth-order valence-electron chi connectivity index (χ4n) is 3.01. The van der Waals surface area contributed by atoms with E-state index in [9.17, 15) is 9.59 Å². The van der Waals surface area contributed by atoms with E-state index in [0.29, 0.717) is 6.54 Å². The van der Waals surface area contributed by atoms with E-state index < -0.39 is 6.04 Å². The van der Waals surface area contributed by atoms with Gasteiger partial charge in [-0.3, -0.25) is 4.79 Å². The lowest BCUT2D eigenvalue weighted by Gasteiger charge is -2.35. The molecule has 1 aromatic carbocycles. The molecule has 0 aliphatic carbocycles. The molecule has 2 N–H and O–H groups in total. The van der Waals surface area contributed by atoms with Crippen LogP contribution in [-0.4, -0.2) is 74.1 Å². The van der Waals surface area contributed by atoms with E-state index >= 15 is 0 Å². The SMILES string of the molecule is CCN1CCN(c2cccc(NC(=O)N[C@@H](C)C(=O)N(C)CC)c2)CC1. The smallest absolute Gasteiger partial charge is 0.319 e. The third-order valence-electron chi connectivity index (χ3n) is 4.86. The summed E-state index contributed by atoms with van der Waals surface area (Å²) in [6, 6.07) is 6.90. The second-order valence-corrected chi connectivity index (χ2v) is 6.64. The van der Waals surface area contributed by atoms with Crippen molar-refractivity contribution in [3.63, 3.8) is 0 Å². The second-order valence-electron chi connectivity index (χ2n) is 6.64. The maximum Gasteiger partial charge on any atom is 0.319 e. The average Bonchev–Trinajstić information content (AvgIpc) is 2.66. The summed E-state index contributed by atoms with van der Waals surface area (Å²) >= 11 is 0. The number of amides is 3. The van der Waals surface area contributed by atoms with Crippen LogP contribution in [0.4, 0.5) is 16.2 Å². The summed E-state index contributed by atoms with van der Waals surface area (Å²) in [5, 5.41) is 5.52. The van der Waals surface area contributed by atoms with Gasteiger partial charge in [-0.1, -0.05) is 13.0 Å². The van der Waals surface area contributed by atoms with Crippen LogP contribution in [0.2, 0.25) is 0 Å². The summed E-state index contributed by atoms with van der Waals surface area (Å²) in [5.74, 6) is -0.106. The highest BCUT2D eigenvalue weighted by Gasteiger charge is 2.19. The maximum absolute atomic E-state index is 12.2. The molecule has 0 spiro atoms. The number of benzene rings is 1. The molecular weight excluding hydrogens is 330 g/mol. The highest BCUT2D eigenvalue weighted by molar-refractivity contribution is 5.93. The third kappa shape index (κ3) is 5.36. The molecule has 26 heavy (non-hydrogen) atoms. The monoisotopic (exact) mass is 361 g/mol. The van der Waals surface area contributed by atoms with Crippen LogP contribution in [0.25, 0.3) is 0 Å². The van der Waals surface area contributed by atoms with Crippen molar-refractivity contribution in [2.75, 3.05) is 56.5 Å². The quantitative estimate of drug-likeness (QED) is 0.811. The van der Waals surface area contributed by atoms with Gasteiger partial charge in [-0.2, -0.15) is 0 Å². The maximum atomic E-state index is 12.2. The van der Waals surface area contributed by atoms with Crippen molar-refractivity contribution in [3.05, 3.63) is 24.3 Å². The largest absolute Gasteiger partial charge is 0.369 e. The molecule has 1 fully saturated rings. The van der Waals surface area contributed by atoms with Gasteiger partial charge in [0.1, 0.15) is 6.04 Å². The first kappa shape index (κ1) is 20.0. The van der Waals surface area contributed by atoms with Gasteiger partial charge < -0.3 is 25.3 Å². The molecule has 2 rings (SSSR count). The van der Waals surface area contributed by atoms with E-state index in [1.165, 1.54) is 0 Å². The number of nitrogens with zero attached hydrogens (tertiary/aromatic N) is 3. The Morgan fingerprint density at radius 1 is 1.19 bits per heavy atom. The summed E-state index contributed by atoms with van der Waals surface area (Å²) in [7, 11) is 1.72. The van der Waals surface area contributed by atoms with Crippen LogP contribution < -0.4 is 15.5 Å². The number of likely N-dealkylation sites (N-methyl/N-ethyl adjacent to an activating group) is 2. The number of carbonyl (C=O) groups is 2. The normalized spacial score (nSPS) is 16.1. The van der Waals surface area contributed by atoms with Gasteiger partial charge in [-0.25, -0.2) is 4.79 Å². The molecule has 1 atom stereocenters. The molecule has 1 aliphatic rings. The molecule has 1 aliphatic heterocycles. The fraction of sp³-hybridized carbons (Fsp3) is 0.579. The number of carbonyl (C=O) groups excluding carboxylic acids is 2. The zero-order chi connectivity index (χ0) is 19.1. The number of rotatable bonds is 6. The minimum Gasteiger partial charge on any atom is -0.369 e. The summed E-state index contributed by atoms with van der Waals surface area (Å²) in [6.07, 6.45) is 0. The Morgan fingerprint density at radius 2 is 1.88 bits per heavy atom. The lowest BCUT2D eigenvalue weighted by Crippen LogP contribution is -2.47. The van der Waals surface area contributed by atoms with Crippen molar-refractivity contribution >= 4 is 23.3 Å². The van der Waals surface area contributed by atoms with Crippen molar-refractivity contribution in [2.24, 2.45) is 0 Å². The van der Waals surface area contributed by atoms with Crippen LogP contribution in [0, 0.1) is 0 Å². The van der Waals surface area contributed by atoms with E-state index in [4.69, 9.17) is 0 Å². The van der Waals surface area contributed by atoms with Gasteiger partial charge in [0.05, 0.1) is 0 Å². The van der Waals surface area contributed by atoms with Gasteiger partial charge in [-0.15, -0.1) is 0 Å². The molecule has 1 heterocycles. The average molecular weight is 361 g/mol. The Kier molecular flexibility index (Phi) is 7.26. The molecule has 1 saturated heterocycles. The van der Waals surface area contributed by atoms with Crippen LogP contribution in [0.15, 0.2) is 24.3 Å². The molecule has 144 valence electrons. The molecule has 0 saturated carbocycles. The number of piperazine rings is 1. The lowest BCUT2D eigenvalue weighted by molar-refractivity contribution is -0.131. The Labute approximate surface area is 156 Å². The van der Waals surface area contributed by atoms with E-state index in [1.54, 1.807) is 18.9 Å². The third-order valence-corrected chi connectivity index (χ3v) is 4.86. The molecule has 1 aromatic rings. The lowest BCUT2D eigenvalue weighted by atomic mass is 10.2. The highest BCUT2D eigenvalue weighted by Crippen LogP contribution is 2.21. The first-order valence-corrected chi connectivity index (χ1v) is 9.34. The molecule has 0 aromatic heterocycles. The van der Waals surface area contributed by atoms with Crippen LogP contribution in [0.5, 0.6) is 0 Å². The van der Waals surface area contributed by atoms with Crippen LogP contribution in [0.1, 0.15) is 20.8 Å². The standard InChI is InChI=1S/C19H31N5O2/c1-5-22(4)18(25)15(3)20-19(26)21-16-8-7-9-17(14-16)24-12-10-23(6-2)11-13-24/h7-9,14-15H,5-6,10-13H2,1-4H3,(H2,20,21,26)/t15-/m0/s1. The number of hydrogen-bond donors (Lipinski definition) is 2. The first-order chi connectivity index (χ1) is 12.4. The van der Waals surface area contributed by atoms with Gasteiger partial charge in [0, 0.05) is 51.1 Å². The zero-order valence-corrected chi connectivity index (χ0v) is 16.3. The van der Waals surface area contributed by atoms with Crippen molar-refractivity contribution in [1.29, 1.82) is 0 Å². The van der Waals surface area contributed by atoms with Gasteiger partial charge in [0.15, 0.2) is 0 Å². The topological polar surface area (TPSA) is 67.9 Å². The Balaban J connectivity index is 1.92. The summed E-state index contributed by atoms with van der Waals surface area (Å²) in [4.78, 5) is 30.6. The van der Waals surface area contributed by atoms with Gasteiger partial charge in [-0.05, 0) is 38.6 Å². The van der Waals surface area contributed by atoms with E-state index in [1.807, 2.05) is 25.1 Å². The van der Waals surface area contributed by atoms with Crippen molar-refractivity contribution in [1.82, 2.24) is 15.1 Å². The van der Waals surface area contributed by atoms with Crippen LogP contribution in [0.3, 0.4) is 0 Å². The number of hydrogen-bond acceptors (Lipinski definition) is 4. The Hall–Kier alpha value is -2.28. The van der Waals surface area contributed by atoms with Gasteiger partial charge in [0.25, 0.3) is 0 Å². The fourth-order valence-corrected chi connectivity index (χ4v) is 3.01. The molecule has 3 amide bonds. The number of anilines is 2. The first-order valence-electron chi connectivity index (χ1n) is 9.34. The molecule has 7 heteroatoms. The molecule has 0 unspecified atom stereocenters. The summed E-state index contributed by atoms with van der Waals surface area (Å²) in [6.45, 7) is 11.5. The zero-order valence-electron chi connectivity index (χ0n) is 16.3. The minimum atomic E-state index is -0.565. The number of nitrogens with one attached hydrogen (secondary N) is 2. The second kappa shape index (κ2) is 9.43. The minimum absolute atomic E-state index is 0.106. The summed E-state index contributed by atoms with van der Waals surface area (Å²) in [5.41, 5.74) is 1.83. The molecular formula is C19H31N5O2. The van der Waals surface area contributed by atoms with E-state index in [-0.39, 0.29) is 11.9 Å². The molecule has 0 bridgehead atoms. The van der Waals surface area contributed by atoms with Gasteiger partial charge >= 0.3 is 6.03 Å². The molecule has 7 nitrogen and oxygen atoms in total. The predicted molar refractivity (Wildman–Crippen MR) is 106 cm³/mol. The molecule has 0 radical (unpaired) electrons. The van der Waals surface area contributed by atoms with Crippen LogP contribution >= 0.6 is 0 Å². The van der Waals surface area contributed by atoms with E-state index in [2.05, 4.69) is 33.4 Å². The van der Waals surface area contributed by atoms with Gasteiger partial charge in [0.2, 0.25) is 5.91 Å². The summed E-state index contributed by atoms with van der Waals surface area (Å²) < 4.78 is 0. The Bertz CT molecular complexity index is 614. The highest BCUT2D eigenvalue weighted by atomic mass is 16.2.